The first kappa shape index (κ1) is 12.5. The summed E-state index contributed by atoms with van der Waals surface area (Å²) in [5.41, 5.74) is 9.21. The second-order valence-electron chi connectivity index (χ2n) is 4.48. The van der Waals surface area contributed by atoms with E-state index in [0.717, 1.165) is 5.56 Å². The summed E-state index contributed by atoms with van der Waals surface area (Å²) >= 11 is 0. The average molecular weight is 239 g/mol. The number of ketones is 1. The summed E-state index contributed by atoms with van der Waals surface area (Å²) in [7, 11) is 0. The van der Waals surface area contributed by atoms with Gasteiger partial charge in [-0.1, -0.05) is 54.6 Å². The second-order valence-corrected chi connectivity index (χ2v) is 4.48. The van der Waals surface area contributed by atoms with E-state index in [2.05, 4.69) is 24.3 Å². The predicted molar refractivity (Wildman–Crippen MR) is 74.2 cm³/mol. The minimum atomic E-state index is -0.396. The van der Waals surface area contributed by atoms with E-state index in [1.165, 1.54) is 18.1 Å². The van der Waals surface area contributed by atoms with Crippen LogP contribution in [0, 0.1) is 0 Å². The number of hydrogen-bond acceptors (Lipinski definition) is 2. The molecule has 0 heterocycles. The summed E-state index contributed by atoms with van der Waals surface area (Å²) in [5.74, 6) is 0.0298. The Hall–Kier alpha value is -1.93. The second kappa shape index (κ2) is 5.61. The van der Waals surface area contributed by atoms with E-state index in [-0.39, 0.29) is 5.78 Å². The lowest BCUT2D eigenvalue weighted by Gasteiger charge is -2.08. The predicted octanol–water partition coefficient (Wildman–Crippen LogP) is 2.81. The molecule has 0 aliphatic rings. The van der Waals surface area contributed by atoms with Gasteiger partial charge in [0.15, 0.2) is 0 Å². The van der Waals surface area contributed by atoms with E-state index in [0.29, 0.717) is 6.42 Å². The maximum absolute atomic E-state index is 11.1. The van der Waals surface area contributed by atoms with E-state index in [1.54, 1.807) is 0 Å². The highest BCUT2D eigenvalue weighted by Gasteiger charge is 2.08. The fourth-order valence-corrected chi connectivity index (χ4v) is 1.86. The zero-order valence-corrected chi connectivity index (χ0v) is 10.5. The molecule has 18 heavy (non-hydrogen) atoms. The molecule has 0 aromatic heterocycles. The molecular weight excluding hydrogens is 222 g/mol. The molecule has 2 aromatic carbocycles. The lowest BCUT2D eigenvalue weighted by atomic mass is 10.00. The average Bonchev–Trinajstić information content (AvgIpc) is 2.40. The number of Topliss-reactive ketones (excluding diaryl/α,β-unsaturated/α-hetero) is 1. The SMILES string of the molecule is CC(=O)[C@@H](N)Cc1ccc(-c2ccccc2)cc1. The highest BCUT2D eigenvalue weighted by molar-refractivity contribution is 5.81. The van der Waals surface area contributed by atoms with Crippen molar-refractivity contribution < 1.29 is 4.79 Å². The van der Waals surface area contributed by atoms with Crippen LogP contribution in [0.25, 0.3) is 11.1 Å². The fourth-order valence-electron chi connectivity index (χ4n) is 1.86. The Morgan fingerprint density at radius 3 is 2.11 bits per heavy atom. The Kier molecular flexibility index (Phi) is 3.90. The van der Waals surface area contributed by atoms with Crippen LogP contribution < -0.4 is 5.73 Å². The van der Waals surface area contributed by atoms with Gasteiger partial charge in [0.05, 0.1) is 6.04 Å². The molecule has 2 heteroatoms. The van der Waals surface area contributed by atoms with E-state index < -0.39 is 6.04 Å². The van der Waals surface area contributed by atoms with Crippen LogP contribution in [0.2, 0.25) is 0 Å². The van der Waals surface area contributed by atoms with Crippen molar-refractivity contribution in [1.29, 1.82) is 0 Å². The zero-order chi connectivity index (χ0) is 13.0. The zero-order valence-electron chi connectivity index (χ0n) is 10.5. The van der Waals surface area contributed by atoms with Crippen molar-refractivity contribution in [3.63, 3.8) is 0 Å². The standard InChI is InChI=1S/C16H17NO/c1-12(18)16(17)11-13-7-9-15(10-8-13)14-5-3-2-4-6-14/h2-10,16H,11,17H2,1H3/t16-/m0/s1. The van der Waals surface area contributed by atoms with Gasteiger partial charge in [-0.25, -0.2) is 0 Å². The van der Waals surface area contributed by atoms with Gasteiger partial charge < -0.3 is 5.73 Å². The monoisotopic (exact) mass is 239 g/mol. The Morgan fingerprint density at radius 1 is 1.00 bits per heavy atom. The van der Waals surface area contributed by atoms with Gasteiger partial charge in [0.1, 0.15) is 5.78 Å². The Morgan fingerprint density at radius 2 is 1.56 bits per heavy atom. The summed E-state index contributed by atoms with van der Waals surface area (Å²) in [6, 6.07) is 18.0. The van der Waals surface area contributed by atoms with Crippen LogP contribution in [0.3, 0.4) is 0 Å². The van der Waals surface area contributed by atoms with Crippen LogP contribution in [0.5, 0.6) is 0 Å². The van der Waals surface area contributed by atoms with Crippen molar-refractivity contribution in [3.05, 3.63) is 60.2 Å². The summed E-state index contributed by atoms with van der Waals surface area (Å²) in [4.78, 5) is 11.1. The van der Waals surface area contributed by atoms with E-state index in [9.17, 15) is 4.79 Å². The quantitative estimate of drug-likeness (QED) is 0.891. The van der Waals surface area contributed by atoms with E-state index in [4.69, 9.17) is 5.73 Å². The molecule has 92 valence electrons. The number of carbonyl (C=O) groups is 1. The maximum atomic E-state index is 11.1. The van der Waals surface area contributed by atoms with Crippen LogP contribution in [0.15, 0.2) is 54.6 Å². The van der Waals surface area contributed by atoms with Gasteiger partial charge in [0, 0.05) is 0 Å². The first-order chi connectivity index (χ1) is 8.66. The molecule has 0 spiro atoms. The Balaban J connectivity index is 2.13. The smallest absolute Gasteiger partial charge is 0.146 e. The highest BCUT2D eigenvalue weighted by atomic mass is 16.1. The first-order valence-corrected chi connectivity index (χ1v) is 6.07. The van der Waals surface area contributed by atoms with Crippen molar-refractivity contribution in [1.82, 2.24) is 0 Å². The van der Waals surface area contributed by atoms with Crippen molar-refractivity contribution in [2.75, 3.05) is 0 Å². The molecule has 0 saturated carbocycles. The van der Waals surface area contributed by atoms with Crippen molar-refractivity contribution in [2.45, 2.75) is 19.4 Å². The van der Waals surface area contributed by atoms with Crippen LogP contribution in [0.1, 0.15) is 12.5 Å². The molecule has 0 aliphatic carbocycles. The number of benzene rings is 2. The molecule has 0 unspecified atom stereocenters. The molecular formula is C16H17NO. The molecule has 2 N–H and O–H groups in total. The van der Waals surface area contributed by atoms with Crippen molar-refractivity contribution in [2.24, 2.45) is 5.73 Å². The van der Waals surface area contributed by atoms with Gasteiger partial charge in [0.25, 0.3) is 0 Å². The molecule has 0 radical (unpaired) electrons. The molecule has 2 rings (SSSR count). The first-order valence-electron chi connectivity index (χ1n) is 6.07. The topological polar surface area (TPSA) is 43.1 Å². The third kappa shape index (κ3) is 3.05. The fraction of sp³-hybridized carbons (Fsp3) is 0.188. The number of nitrogens with two attached hydrogens (primary N) is 1. The van der Waals surface area contributed by atoms with Crippen molar-refractivity contribution >= 4 is 5.78 Å². The summed E-state index contributed by atoms with van der Waals surface area (Å²) in [6.45, 7) is 1.53. The number of hydrogen-bond donors (Lipinski definition) is 1. The molecule has 0 saturated heterocycles. The Labute approximate surface area is 107 Å². The molecule has 0 aliphatic heterocycles. The van der Waals surface area contributed by atoms with Crippen LogP contribution in [-0.4, -0.2) is 11.8 Å². The van der Waals surface area contributed by atoms with Gasteiger partial charge in [-0.2, -0.15) is 0 Å². The maximum Gasteiger partial charge on any atom is 0.146 e. The molecule has 0 fully saturated rings. The molecule has 0 amide bonds. The summed E-state index contributed by atoms with van der Waals surface area (Å²) in [5, 5.41) is 0. The molecule has 2 nitrogen and oxygen atoms in total. The van der Waals surface area contributed by atoms with E-state index in [1.807, 2.05) is 30.3 Å². The normalized spacial score (nSPS) is 12.1. The summed E-state index contributed by atoms with van der Waals surface area (Å²) in [6.07, 6.45) is 0.602. The van der Waals surface area contributed by atoms with Crippen molar-refractivity contribution in [3.8, 4) is 11.1 Å². The number of rotatable bonds is 4. The summed E-state index contributed by atoms with van der Waals surface area (Å²) < 4.78 is 0. The molecule has 2 aromatic rings. The van der Waals surface area contributed by atoms with E-state index >= 15 is 0 Å². The number of carbonyl (C=O) groups excluding carboxylic acids is 1. The van der Waals surface area contributed by atoms with Gasteiger partial charge in [-0.15, -0.1) is 0 Å². The van der Waals surface area contributed by atoms with Gasteiger partial charge >= 0.3 is 0 Å². The lowest BCUT2D eigenvalue weighted by Crippen LogP contribution is -2.30. The highest BCUT2D eigenvalue weighted by Crippen LogP contribution is 2.19. The lowest BCUT2D eigenvalue weighted by molar-refractivity contribution is -0.118. The Bertz CT molecular complexity index is 517. The molecule has 0 bridgehead atoms. The van der Waals surface area contributed by atoms with Crippen LogP contribution >= 0.6 is 0 Å². The van der Waals surface area contributed by atoms with Gasteiger partial charge in [-0.05, 0) is 30.0 Å². The largest absolute Gasteiger partial charge is 0.321 e. The minimum Gasteiger partial charge on any atom is -0.321 e. The van der Waals surface area contributed by atoms with Crippen LogP contribution in [0.4, 0.5) is 0 Å². The third-order valence-corrected chi connectivity index (χ3v) is 3.04. The third-order valence-electron chi connectivity index (χ3n) is 3.04. The van der Waals surface area contributed by atoms with Gasteiger partial charge in [0.2, 0.25) is 0 Å². The molecule has 1 atom stereocenters. The van der Waals surface area contributed by atoms with Gasteiger partial charge in [-0.3, -0.25) is 4.79 Å². The minimum absolute atomic E-state index is 0.0298. The van der Waals surface area contributed by atoms with Crippen LogP contribution in [-0.2, 0) is 11.2 Å².